The first-order chi connectivity index (χ1) is 8.76. The van der Waals surface area contributed by atoms with E-state index in [1.54, 1.807) is 0 Å². The fraction of sp³-hybridized carbons (Fsp3) is 0.600. The zero-order chi connectivity index (χ0) is 13.0. The largest absolute Gasteiger partial charge is 0.375 e. The Hall–Kier alpha value is -1.06. The second-order valence-corrected chi connectivity index (χ2v) is 5.03. The van der Waals surface area contributed by atoms with Crippen LogP contribution in [0.2, 0.25) is 0 Å². The molecule has 2 atom stereocenters. The van der Waals surface area contributed by atoms with Crippen molar-refractivity contribution in [3.05, 3.63) is 29.8 Å². The molecule has 1 fully saturated rings. The summed E-state index contributed by atoms with van der Waals surface area (Å²) in [5.41, 5.74) is 8.40. The molecule has 3 heteroatoms. The fourth-order valence-corrected chi connectivity index (χ4v) is 2.64. The molecule has 1 aliphatic rings. The van der Waals surface area contributed by atoms with E-state index >= 15 is 0 Å². The smallest absolute Gasteiger partial charge is 0.0723 e. The third-order valence-corrected chi connectivity index (χ3v) is 3.65. The van der Waals surface area contributed by atoms with Crippen LogP contribution in [0.15, 0.2) is 24.3 Å². The van der Waals surface area contributed by atoms with Crippen LogP contribution in [-0.2, 0) is 11.2 Å². The topological polar surface area (TPSA) is 38.5 Å². The average Bonchev–Trinajstić information content (AvgIpc) is 2.40. The second-order valence-electron chi connectivity index (χ2n) is 5.03. The summed E-state index contributed by atoms with van der Waals surface area (Å²) in [5.74, 6) is 0. The minimum atomic E-state index is 0.304. The van der Waals surface area contributed by atoms with Crippen molar-refractivity contribution in [3.63, 3.8) is 0 Å². The third kappa shape index (κ3) is 2.85. The number of para-hydroxylation sites is 1. The van der Waals surface area contributed by atoms with Crippen LogP contribution in [0.1, 0.15) is 25.8 Å². The molecule has 0 radical (unpaired) electrons. The van der Waals surface area contributed by atoms with Gasteiger partial charge in [-0.15, -0.1) is 0 Å². The molecule has 1 saturated heterocycles. The molecule has 1 aromatic carbocycles. The van der Waals surface area contributed by atoms with Crippen LogP contribution >= 0.6 is 0 Å². The predicted molar refractivity (Wildman–Crippen MR) is 76.0 cm³/mol. The average molecular weight is 248 g/mol. The van der Waals surface area contributed by atoms with Gasteiger partial charge < -0.3 is 15.4 Å². The summed E-state index contributed by atoms with van der Waals surface area (Å²) in [5, 5.41) is 0. The van der Waals surface area contributed by atoms with E-state index in [0.29, 0.717) is 18.7 Å². The maximum Gasteiger partial charge on any atom is 0.0723 e. The molecule has 1 aromatic rings. The number of nitrogens with two attached hydrogens (primary N) is 1. The summed E-state index contributed by atoms with van der Waals surface area (Å²) in [6, 6.07) is 9.10. The molecule has 1 aliphatic heterocycles. The van der Waals surface area contributed by atoms with Gasteiger partial charge in [0, 0.05) is 12.2 Å². The SMILES string of the molecule is CCC1COC(C)CN1c1ccccc1CCN. The van der Waals surface area contributed by atoms with E-state index in [9.17, 15) is 0 Å². The van der Waals surface area contributed by atoms with Gasteiger partial charge in [0.1, 0.15) is 0 Å². The second kappa shape index (κ2) is 6.21. The first kappa shape index (κ1) is 13.4. The molecule has 0 aromatic heterocycles. The lowest BCUT2D eigenvalue weighted by Crippen LogP contribution is -2.49. The summed E-state index contributed by atoms with van der Waals surface area (Å²) < 4.78 is 5.77. The van der Waals surface area contributed by atoms with E-state index in [4.69, 9.17) is 10.5 Å². The minimum Gasteiger partial charge on any atom is -0.375 e. The van der Waals surface area contributed by atoms with Gasteiger partial charge in [0.25, 0.3) is 0 Å². The first-order valence-corrected chi connectivity index (χ1v) is 6.92. The van der Waals surface area contributed by atoms with Crippen molar-refractivity contribution in [1.82, 2.24) is 0 Å². The van der Waals surface area contributed by atoms with Crippen molar-refractivity contribution < 1.29 is 4.74 Å². The van der Waals surface area contributed by atoms with Gasteiger partial charge in [-0.2, -0.15) is 0 Å². The van der Waals surface area contributed by atoms with Crippen molar-refractivity contribution in [3.8, 4) is 0 Å². The van der Waals surface area contributed by atoms with Crippen molar-refractivity contribution in [2.24, 2.45) is 5.73 Å². The Morgan fingerprint density at radius 1 is 1.39 bits per heavy atom. The highest BCUT2D eigenvalue weighted by atomic mass is 16.5. The molecule has 100 valence electrons. The van der Waals surface area contributed by atoms with E-state index in [1.165, 1.54) is 11.3 Å². The molecule has 1 heterocycles. The molecule has 2 N–H and O–H groups in total. The predicted octanol–water partition coefficient (Wildman–Crippen LogP) is 2.19. The minimum absolute atomic E-state index is 0.304. The van der Waals surface area contributed by atoms with E-state index in [2.05, 4.69) is 43.0 Å². The summed E-state index contributed by atoms with van der Waals surface area (Å²) in [7, 11) is 0. The Morgan fingerprint density at radius 2 is 2.17 bits per heavy atom. The van der Waals surface area contributed by atoms with Crippen LogP contribution in [0.25, 0.3) is 0 Å². The lowest BCUT2D eigenvalue weighted by Gasteiger charge is -2.41. The van der Waals surface area contributed by atoms with Crippen molar-refractivity contribution in [2.75, 3.05) is 24.6 Å². The van der Waals surface area contributed by atoms with Crippen molar-refractivity contribution in [2.45, 2.75) is 38.8 Å². The molecule has 0 aliphatic carbocycles. The van der Waals surface area contributed by atoms with E-state index < -0.39 is 0 Å². The molecule has 0 saturated carbocycles. The number of benzene rings is 1. The molecule has 0 amide bonds. The van der Waals surface area contributed by atoms with Crippen LogP contribution in [0, 0.1) is 0 Å². The van der Waals surface area contributed by atoms with Crippen LogP contribution in [0.5, 0.6) is 0 Å². The number of hydrogen-bond donors (Lipinski definition) is 1. The van der Waals surface area contributed by atoms with Crippen molar-refractivity contribution in [1.29, 1.82) is 0 Å². The summed E-state index contributed by atoms with van der Waals surface area (Å²) in [6.07, 6.45) is 2.36. The van der Waals surface area contributed by atoms with Gasteiger partial charge in [-0.05, 0) is 37.9 Å². The monoisotopic (exact) mass is 248 g/mol. The first-order valence-electron chi connectivity index (χ1n) is 6.92. The number of morpholine rings is 1. The summed E-state index contributed by atoms with van der Waals surface area (Å²) in [4.78, 5) is 2.50. The Bertz CT molecular complexity index is 381. The van der Waals surface area contributed by atoms with Gasteiger partial charge in [-0.1, -0.05) is 25.1 Å². The van der Waals surface area contributed by atoms with Gasteiger partial charge >= 0.3 is 0 Å². The molecular formula is C15H24N2O. The van der Waals surface area contributed by atoms with Gasteiger partial charge in [0.2, 0.25) is 0 Å². The highest BCUT2D eigenvalue weighted by Crippen LogP contribution is 2.27. The molecule has 18 heavy (non-hydrogen) atoms. The number of ether oxygens (including phenoxy) is 1. The Labute approximate surface area is 110 Å². The number of hydrogen-bond acceptors (Lipinski definition) is 3. The highest BCUT2D eigenvalue weighted by Gasteiger charge is 2.26. The van der Waals surface area contributed by atoms with E-state index in [1.807, 2.05) is 0 Å². The Morgan fingerprint density at radius 3 is 2.89 bits per heavy atom. The maximum atomic E-state index is 5.77. The summed E-state index contributed by atoms with van der Waals surface area (Å²) >= 11 is 0. The van der Waals surface area contributed by atoms with Crippen LogP contribution < -0.4 is 10.6 Å². The molecule has 0 spiro atoms. The molecule has 2 rings (SSSR count). The van der Waals surface area contributed by atoms with Gasteiger partial charge in [-0.25, -0.2) is 0 Å². The highest BCUT2D eigenvalue weighted by molar-refractivity contribution is 5.55. The molecule has 2 unspecified atom stereocenters. The number of nitrogens with zero attached hydrogens (tertiary/aromatic N) is 1. The van der Waals surface area contributed by atoms with E-state index in [-0.39, 0.29) is 0 Å². The van der Waals surface area contributed by atoms with Gasteiger partial charge in [0.05, 0.1) is 18.8 Å². The van der Waals surface area contributed by atoms with Gasteiger partial charge in [-0.3, -0.25) is 0 Å². The lowest BCUT2D eigenvalue weighted by molar-refractivity contribution is 0.0299. The molecule has 3 nitrogen and oxygen atoms in total. The summed E-state index contributed by atoms with van der Waals surface area (Å²) in [6.45, 7) is 6.87. The fourth-order valence-electron chi connectivity index (χ4n) is 2.64. The Kier molecular flexibility index (Phi) is 4.61. The van der Waals surface area contributed by atoms with Crippen molar-refractivity contribution >= 4 is 5.69 Å². The maximum absolute atomic E-state index is 5.77. The molecule has 0 bridgehead atoms. The third-order valence-electron chi connectivity index (χ3n) is 3.65. The normalized spacial score (nSPS) is 24.3. The number of rotatable bonds is 4. The van der Waals surface area contributed by atoms with Crippen LogP contribution in [0.4, 0.5) is 5.69 Å². The Balaban J connectivity index is 2.26. The zero-order valence-electron chi connectivity index (χ0n) is 11.4. The van der Waals surface area contributed by atoms with Gasteiger partial charge in [0.15, 0.2) is 0 Å². The van der Waals surface area contributed by atoms with E-state index in [0.717, 1.165) is 26.0 Å². The lowest BCUT2D eigenvalue weighted by atomic mass is 10.0. The zero-order valence-corrected chi connectivity index (χ0v) is 11.4. The van der Waals surface area contributed by atoms with Crippen LogP contribution in [0.3, 0.4) is 0 Å². The van der Waals surface area contributed by atoms with Crippen LogP contribution in [-0.4, -0.2) is 31.8 Å². The number of anilines is 1. The molecular weight excluding hydrogens is 224 g/mol. The quantitative estimate of drug-likeness (QED) is 0.887. The standard InChI is InChI=1S/C15H24N2O/c1-3-14-11-18-12(2)10-17(14)15-7-5-4-6-13(15)8-9-16/h4-7,12,14H,3,8-11,16H2,1-2H3.